The molecule has 1 aromatic heterocycles. The quantitative estimate of drug-likeness (QED) is 0.905. The van der Waals surface area contributed by atoms with E-state index < -0.39 is 0 Å². The van der Waals surface area contributed by atoms with Crippen molar-refractivity contribution < 1.29 is 14.3 Å². The van der Waals surface area contributed by atoms with Gasteiger partial charge in [-0.1, -0.05) is 0 Å². The van der Waals surface area contributed by atoms with Gasteiger partial charge >= 0.3 is 0 Å². The number of rotatable bonds is 3. The second kappa shape index (κ2) is 5.79. The van der Waals surface area contributed by atoms with Gasteiger partial charge in [-0.05, 0) is 31.2 Å². The number of hydrogen-bond donors (Lipinski definition) is 1. The molecule has 0 radical (unpaired) electrons. The second-order valence-electron chi connectivity index (χ2n) is 5.60. The Balaban J connectivity index is 1.60. The van der Waals surface area contributed by atoms with E-state index in [1.165, 1.54) is 0 Å². The van der Waals surface area contributed by atoms with Crippen LogP contribution in [0.1, 0.15) is 41.6 Å². The average molecular weight is 276 g/mol. The molecule has 2 aliphatic rings. The molecule has 0 unspecified atom stereocenters. The molecule has 5 nitrogen and oxygen atoms in total. The summed E-state index contributed by atoms with van der Waals surface area (Å²) in [5.74, 6) is 0.214. The number of Topliss-reactive ketones (excluding diaryl/α,β-unsaturated/α-hetero) is 1. The van der Waals surface area contributed by atoms with Crippen LogP contribution >= 0.6 is 0 Å². The van der Waals surface area contributed by atoms with Gasteiger partial charge in [-0.15, -0.1) is 0 Å². The number of nitrogens with one attached hydrogen (secondary N) is 1. The van der Waals surface area contributed by atoms with Crippen LogP contribution in [0.25, 0.3) is 0 Å². The monoisotopic (exact) mass is 276 g/mol. The molecule has 1 amide bonds. The van der Waals surface area contributed by atoms with Crippen LogP contribution < -0.4 is 5.32 Å². The molecule has 1 aromatic rings. The van der Waals surface area contributed by atoms with Crippen LogP contribution in [0.2, 0.25) is 0 Å². The molecule has 1 aliphatic heterocycles. The maximum atomic E-state index is 12.0. The number of nitrogens with zero attached hydrogens (tertiary/aromatic N) is 1. The summed E-state index contributed by atoms with van der Waals surface area (Å²) in [4.78, 5) is 23.8. The Morgan fingerprint density at radius 2 is 2.10 bits per heavy atom. The van der Waals surface area contributed by atoms with E-state index in [9.17, 15) is 9.59 Å². The number of carbonyl (C=O) groups is 2. The fourth-order valence-electron chi connectivity index (χ4n) is 2.95. The van der Waals surface area contributed by atoms with Gasteiger partial charge in [-0.2, -0.15) is 0 Å². The summed E-state index contributed by atoms with van der Waals surface area (Å²) in [6, 6.07) is 0.225. The fraction of sp³-hybridized carbons (Fsp3) is 0.600. The molecule has 1 saturated heterocycles. The average Bonchev–Trinajstić information content (AvgIpc) is 2.83. The summed E-state index contributed by atoms with van der Waals surface area (Å²) in [7, 11) is 0. The molecule has 1 aliphatic carbocycles. The van der Waals surface area contributed by atoms with Crippen LogP contribution in [0.3, 0.4) is 0 Å². The van der Waals surface area contributed by atoms with Gasteiger partial charge in [0.25, 0.3) is 0 Å². The van der Waals surface area contributed by atoms with Crippen LogP contribution in [0.15, 0.2) is 12.4 Å². The Morgan fingerprint density at radius 1 is 1.30 bits per heavy atom. The van der Waals surface area contributed by atoms with E-state index in [2.05, 4.69) is 5.32 Å². The van der Waals surface area contributed by atoms with Crippen molar-refractivity contribution in [2.45, 2.75) is 44.7 Å². The van der Waals surface area contributed by atoms with Crippen molar-refractivity contribution >= 4 is 11.7 Å². The van der Waals surface area contributed by atoms with Crippen molar-refractivity contribution in [3.63, 3.8) is 0 Å². The van der Waals surface area contributed by atoms with Crippen LogP contribution in [0, 0.1) is 0 Å². The summed E-state index contributed by atoms with van der Waals surface area (Å²) in [5.41, 5.74) is 1.88. The number of amides is 1. The number of ketones is 1. The summed E-state index contributed by atoms with van der Waals surface area (Å²) in [6.45, 7) is 1.73. The van der Waals surface area contributed by atoms with E-state index >= 15 is 0 Å². The first kappa shape index (κ1) is 13.4. The summed E-state index contributed by atoms with van der Waals surface area (Å²) in [5, 5.41) is 3.03. The SMILES string of the molecule is O=C(Cn1cc2c(c1)C(=O)CCC2)NC1CCOCC1. The van der Waals surface area contributed by atoms with Gasteiger partial charge in [0.15, 0.2) is 5.78 Å². The number of fused-ring (bicyclic) bond motifs is 1. The Morgan fingerprint density at radius 3 is 2.85 bits per heavy atom. The van der Waals surface area contributed by atoms with Crippen molar-refractivity contribution in [1.82, 2.24) is 9.88 Å². The smallest absolute Gasteiger partial charge is 0.240 e. The highest BCUT2D eigenvalue weighted by molar-refractivity contribution is 5.98. The molecule has 5 heteroatoms. The van der Waals surface area contributed by atoms with Crippen molar-refractivity contribution in [1.29, 1.82) is 0 Å². The van der Waals surface area contributed by atoms with Crippen LogP contribution in [0.4, 0.5) is 0 Å². The summed E-state index contributed by atoms with van der Waals surface area (Å²) in [6.07, 6.45) is 8.01. The summed E-state index contributed by atoms with van der Waals surface area (Å²) >= 11 is 0. The zero-order chi connectivity index (χ0) is 13.9. The maximum Gasteiger partial charge on any atom is 0.240 e. The van der Waals surface area contributed by atoms with E-state index in [-0.39, 0.29) is 24.3 Å². The van der Waals surface area contributed by atoms with Crippen molar-refractivity contribution in [2.75, 3.05) is 13.2 Å². The lowest BCUT2D eigenvalue weighted by atomic mass is 9.95. The zero-order valence-electron chi connectivity index (χ0n) is 11.6. The molecule has 0 spiro atoms. The third kappa shape index (κ3) is 2.93. The predicted octanol–water partition coefficient (Wildman–Crippen LogP) is 1.30. The fourth-order valence-corrected chi connectivity index (χ4v) is 2.95. The number of hydrogen-bond acceptors (Lipinski definition) is 3. The minimum Gasteiger partial charge on any atom is -0.381 e. The Bertz CT molecular complexity index is 515. The van der Waals surface area contributed by atoms with Gasteiger partial charge in [-0.3, -0.25) is 9.59 Å². The van der Waals surface area contributed by atoms with Gasteiger partial charge in [0.05, 0.1) is 0 Å². The number of aromatic nitrogens is 1. The molecule has 1 fully saturated rings. The lowest BCUT2D eigenvalue weighted by Crippen LogP contribution is -2.40. The van der Waals surface area contributed by atoms with E-state index in [1.807, 2.05) is 17.0 Å². The predicted molar refractivity (Wildman–Crippen MR) is 73.7 cm³/mol. The first-order valence-electron chi connectivity index (χ1n) is 7.31. The van der Waals surface area contributed by atoms with Crippen LogP contribution in [-0.4, -0.2) is 35.5 Å². The molecule has 0 aromatic carbocycles. The first-order chi connectivity index (χ1) is 9.72. The van der Waals surface area contributed by atoms with Gasteiger partial charge in [0.2, 0.25) is 5.91 Å². The van der Waals surface area contributed by atoms with E-state index in [1.54, 1.807) is 0 Å². The van der Waals surface area contributed by atoms with Gasteiger partial charge in [0.1, 0.15) is 6.54 Å². The molecule has 0 saturated carbocycles. The highest BCUT2D eigenvalue weighted by atomic mass is 16.5. The lowest BCUT2D eigenvalue weighted by molar-refractivity contribution is -0.122. The van der Waals surface area contributed by atoms with Gasteiger partial charge in [-0.25, -0.2) is 0 Å². The molecule has 3 rings (SSSR count). The van der Waals surface area contributed by atoms with E-state index in [0.717, 1.165) is 50.0 Å². The largest absolute Gasteiger partial charge is 0.381 e. The Hall–Kier alpha value is -1.62. The van der Waals surface area contributed by atoms with Crippen LogP contribution in [-0.2, 0) is 22.5 Å². The van der Waals surface area contributed by atoms with E-state index in [0.29, 0.717) is 6.42 Å². The number of carbonyl (C=O) groups excluding carboxylic acids is 2. The van der Waals surface area contributed by atoms with Crippen molar-refractivity contribution in [3.05, 3.63) is 23.5 Å². The molecular weight excluding hydrogens is 256 g/mol. The van der Waals surface area contributed by atoms with Gasteiger partial charge < -0.3 is 14.6 Å². The maximum absolute atomic E-state index is 12.0. The normalized spacial score (nSPS) is 19.7. The van der Waals surface area contributed by atoms with E-state index in [4.69, 9.17) is 4.74 Å². The molecule has 0 atom stereocenters. The van der Waals surface area contributed by atoms with Crippen molar-refractivity contribution in [3.8, 4) is 0 Å². The molecule has 0 bridgehead atoms. The molecular formula is C15H20N2O3. The lowest BCUT2D eigenvalue weighted by Gasteiger charge is -2.23. The number of aryl methyl sites for hydroxylation is 1. The third-order valence-corrected chi connectivity index (χ3v) is 4.03. The van der Waals surface area contributed by atoms with Gasteiger partial charge in [0, 0.05) is 43.6 Å². The zero-order valence-corrected chi connectivity index (χ0v) is 11.6. The minimum absolute atomic E-state index is 0.0108. The summed E-state index contributed by atoms with van der Waals surface area (Å²) < 4.78 is 7.11. The number of ether oxygens (including phenoxy) is 1. The highest BCUT2D eigenvalue weighted by Gasteiger charge is 2.20. The highest BCUT2D eigenvalue weighted by Crippen LogP contribution is 2.21. The topological polar surface area (TPSA) is 60.3 Å². The molecule has 2 heterocycles. The Labute approximate surface area is 118 Å². The van der Waals surface area contributed by atoms with Crippen molar-refractivity contribution in [2.24, 2.45) is 0 Å². The van der Waals surface area contributed by atoms with Crippen LogP contribution in [0.5, 0.6) is 0 Å². The molecule has 1 N–H and O–H groups in total. The molecule has 20 heavy (non-hydrogen) atoms. The first-order valence-corrected chi connectivity index (χ1v) is 7.31. The second-order valence-corrected chi connectivity index (χ2v) is 5.60. The third-order valence-electron chi connectivity index (χ3n) is 4.03. The standard InChI is InChI=1S/C15H20N2O3/c18-14-3-1-2-11-8-17(9-13(11)14)10-15(19)16-12-4-6-20-7-5-12/h8-9,12H,1-7,10H2,(H,16,19). The minimum atomic E-state index is 0.0108. The molecule has 108 valence electrons. The Kier molecular flexibility index (Phi) is 3.87.